The number of hydrogen-bond acceptors (Lipinski definition) is 4. The predicted molar refractivity (Wildman–Crippen MR) is 128 cm³/mol. The number of aromatic nitrogens is 1. The van der Waals surface area contributed by atoms with Gasteiger partial charge in [-0.2, -0.15) is 4.31 Å². The lowest BCUT2D eigenvalue weighted by atomic mass is 9.96. The summed E-state index contributed by atoms with van der Waals surface area (Å²) in [6, 6.07) is 8.90. The van der Waals surface area contributed by atoms with Gasteiger partial charge in [0, 0.05) is 30.4 Å². The van der Waals surface area contributed by atoms with Crippen molar-refractivity contribution in [1.82, 2.24) is 9.29 Å². The highest BCUT2D eigenvalue weighted by atomic mass is 35.5. The second-order valence-corrected chi connectivity index (χ2v) is 10.8. The zero-order valence-corrected chi connectivity index (χ0v) is 20.0. The van der Waals surface area contributed by atoms with Gasteiger partial charge in [0.15, 0.2) is 0 Å². The van der Waals surface area contributed by atoms with Crippen LogP contribution in [-0.4, -0.2) is 36.7 Å². The van der Waals surface area contributed by atoms with Gasteiger partial charge in [-0.25, -0.2) is 12.8 Å². The molecular weight excluding hydrogens is 465 g/mol. The van der Waals surface area contributed by atoms with Crippen molar-refractivity contribution in [3.05, 3.63) is 64.6 Å². The van der Waals surface area contributed by atoms with Gasteiger partial charge in [0.1, 0.15) is 5.82 Å². The molecule has 33 heavy (non-hydrogen) atoms. The topological polar surface area (TPSA) is 79.4 Å². The second-order valence-electron chi connectivity index (χ2n) is 8.40. The lowest BCUT2D eigenvalue weighted by Gasteiger charge is -2.30. The van der Waals surface area contributed by atoms with Gasteiger partial charge in [-0.1, -0.05) is 36.9 Å². The molecule has 0 radical (unpaired) electrons. The zero-order valence-electron chi connectivity index (χ0n) is 18.4. The molecular formula is C24H25ClFN3O3S. The van der Waals surface area contributed by atoms with Crippen molar-refractivity contribution in [3.63, 3.8) is 0 Å². The Balaban J connectivity index is 1.66. The number of fused-ring (bicyclic) bond motifs is 1. The van der Waals surface area contributed by atoms with E-state index in [9.17, 15) is 17.6 Å². The molecule has 1 aliphatic rings. The van der Waals surface area contributed by atoms with Crippen molar-refractivity contribution >= 4 is 44.1 Å². The summed E-state index contributed by atoms with van der Waals surface area (Å²) in [7, 11) is -2.12. The van der Waals surface area contributed by atoms with Crippen LogP contribution in [-0.2, 0) is 10.0 Å². The Morgan fingerprint density at radius 1 is 1.15 bits per heavy atom. The van der Waals surface area contributed by atoms with Gasteiger partial charge in [0.05, 0.1) is 21.0 Å². The van der Waals surface area contributed by atoms with E-state index in [4.69, 9.17) is 11.6 Å². The number of rotatable bonds is 5. The molecule has 1 amide bonds. The molecule has 1 aromatic heterocycles. The highest BCUT2D eigenvalue weighted by Crippen LogP contribution is 2.31. The van der Waals surface area contributed by atoms with E-state index >= 15 is 0 Å². The molecule has 0 spiro atoms. The minimum Gasteiger partial charge on any atom is -0.322 e. The number of nitrogens with zero attached hydrogens (tertiary/aromatic N) is 2. The van der Waals surface area contributed by atoms with E-state index in [0.29, 0.717) is 16.5 Å². The third-order valence-corrected chi connectivity index (χ3v) is 8.53. The molecule has 174 valence electrons. The number of sulfonamides is 1. The molecule has 0 unspecified atom stereocenters. The number of nitrogens with one attached hydrogen (secondary N) is 1. The standard InChI is InChI=1S/C24H25ClFN3O3S/c1-15-8-9-16(12-21(15)26)28-24(30)20-14-27-22-11-10-18(13-19(22)23(20)25)33(31,32)29(2)17-6-4-3-5-7-17/h8-14,17H,3-7H2,1-2H3,(H,28,30). The lowest BCUT2D eigenvalue weighted by Crippen LogP contribution is -2.38. The van der Waals surface area contributed by atoms with Crippen molar-refractivity contribution < 1.29 is 17.6 Å². The van der Waals surface area contributed by atoms with Crippen LogP contribution in [0.25, 0.3) is 10.9 Å². The van der Waals surface area contributed by atoms with Gasteiger partial charge >= 0.3 is 0 Å². The van der Waals surface area contributed by atoms with Gasteiger partial charge in [-0.3, -0.25) is 9.78 Å². The van der Waals surface area contributed by atoms with E-state index in [-0.39, 0.29) is 27.2 Å². The molecule has 0 aliphatic heterocycles. The van der Waals surface area contributed by atoms with Crippen molar-refractivity contribution in [3.8, 4) is 0 Å². The van der Waals surface area contributed by atoms with Crippen LogP contribution >= 0.6 is 11.6 Å². The first kappa shape index (κ1) is 23.6. The summed E-state index contributed by atoms with van der Waals surface area (Å²) < 4.78 is 41.8. The van der Waals surface area contributed by atoms with Crippen LogP contribution in [0.15, 0.2) is 47.5 Å². The summed E-state index contributed by atoms with van der Waals surface area (Å²) in [4.78, 5) is 17.2. The summed E-state index contributed by atoms with van der Waals surface area (Å²) in [6.07, 6.45) is 6.17. The Morgan fingerprint density at radius 2 is 1.88 bits per heavy atom. The third kappa shape index (κ3) is 4.74. The quantitative estimate of drug-likeness (QED) is 0.510. The highest BCUT2D eigenvalue weighted by Gasteiger charge is 2.29. The summed E-state index contributed by atoms with van der Waals surface area (Å²) in [6.45, 7) is 1.63. The van der Waals surface area contributed by atoms with Gasteiger partial charge in [0.25, 0.3) is 5.91 Å². The first-order chi connectivity index (χ1) is 15.7. The fourth-order valence-electron chi connectivity index (χ4n) is 4.13. The van der Waals surface area contributed by atoms with Crippen LogP contribution in [0.2, 0.25) is 5.02 Å². The minimum absolute atomic E-state index is 0.0277. The van der Waals surface area contributed by atoms with Crippen LogP contribution in [0, 0.1) is 12.7 Å². The Labute approximate surface area is 197 Å². The van der Waals surface area contributed by atoms with E-state index in [1.54, 1.807) is 32.2 Å². The molecule has 1 N–H and O–H groups in total. The van der Waals surface area contributed by atoms with Crippen LogP contribution < -0.4 is 5.32 Å². The number of benzene rings is 2. The molecule has 1 aliphatic carbocycles. The summed E-state index contributed by atoms with van der Waals surface area (Å²) in [5.74, 6) is -1.00. The highest BCUT2D eigenvalue weighted by molar-refractivity contribution is 7.89. The van der Waals surface area contributed by atoms with E-state index in [1.807, 2.05) is 0 Å². The monoisotopic (exact) mass is 489 g/mol. The molecule has 2 aromatic carbocycles. The van der Waals surface area contributed by atoms with E-state index in [0.717, 1.165) is 32.1 Å². The maximum Gasteiger partial charge on any atom is 0.258 e. The number of hydrogen-bond donors (Lipinski definition) is 1. The first-order valence-electron chi connectivity index (χ1n) is 10.8. The van der Waals surface area contributed by atoms with Crippen LogP contribution in [0.3, 0.4) is 0 Å². The molecule has 1 fully saturated rings. The van der Waals surface area contributed by atoms with E-state index in [2.05, 4.69) is 10.3 Å². The van der Waals surface area contributed by atoms with Crippen molar-refractivity contribution in [2.45, 2.75) is 50.0 Å². The molecule has 0 atom stereocenters. The fourth-order valence-corrected chi connectivity index (χ4v) is 5.86. The Hall–Kier alpha value is -2.55. The van der Waals surface area contributed by atoms with Crippen molar-refractivity contribution in [2.24, 2.45) is 0 Å². The molecule has 0 saturated heterocycles. The Bertz CT molecular complexity index is 1320. The third-order valence-electron chi connectivity index (χ3n) is 6.21. The van der Waals surface area contributed by atoms with Crippen molar-refractivity contribution in [1.29, 1.82) is 0 Å². The average Bonchev–Trinajstić information content (AvgIpc) is 2.81. The van der Waals surface area contributed by atoms with Gasteiger partial charge < -0.3 is 5.32 Å². The van der Waals surface area contributed by atoms with Gasteiger partial charge in [0.2, 0.25) is 10.0 Å². The predicted octanol–water partition coefficient (Wildman–Crippen LogP) is 5.54. The SMILES string of the molecule is Cc1ccc(NC(=O)c2cnc3ccc(S(=O)(=O)N(C)C4CCCCC4)cc3c2Cl)cc1F. The number of carbonyl (C=O) groups excluding carboxylic acids is 1. The number of pyridine rings is 1. The smallest absolute Gasteiger partial charge is 0.258 e. The Kier molecular flexibility index (Phi) is 6.70. The molecule has 4 rings (SSSR count). The lowest BCUT2D eigenvalue weighted by molar-refractivity contribution is 0.102. The number of amides is 1. The molecule has 1 saturated carbocycles. The van der Waals surface area contributed by atoms with Crippen molar-refractivity contribution in [2.75, 3.05) is 12.4 Å². The second kappa shape index (κ2) is 9.37. The van der Waals surface area contributed by atoms with E-state index < -0.39 is 21.7 Å². The normalized spacial score (nSPS) is 15.2. The van der Waals surface area contributed by atoms with Gasteiger partial charge in [-0.05, 0) is 55.7 Å². The maximum atomic E-state index is 13.8. The molecule has 3 aromatic rings. The largest absolute Gasteiger partial charge is 0.322 e. The zero-order chi connectivity index (χ0) is 23.8. The van der Waals surface area contributed by atoms with Crippen LogP contribution in [0.5, 0.6) is 0 Å². The number of aryl methyl sites for hydroxylation is 1. The number of carbonyl (C=O) groups is 1. The molecule has 0 bridgehead atoms. The average molecular weight is 490 g/mol. The molecule has 6 nitrogen and oxygen atoms in total. The fraction of sp³-hybridized carbons (Fsp3) is 0.333. The first-order valence-corrected chi connectivity index (χ1v) is 12.6. The van der Waals surface area contributed by atoms with Crippen LogP contribution in [0.4, 0.5) is 10.1 Å². The number of halogens is 2. The van der Waals surface area contributed by atoms with Gasteiger partial charge in [-0.15, -0.1) is 0 Å². The molecule has 1 heterocycles. The Morgan fingerprint density at radius 3 is 2.58 bits per heavy atom. The summed E-state index contributed by atoms with van der Waals surface area (Å²) >= 11 is 6.53. The minimum atomic E-state index is -3.73. The molecule has 9 heteroatoms. The maximum absolute atomic E-state index is 13.8. The number of anilines is 1. The summed E-state index contributed by atoms with van der Waals surface area (Å²) in [5.41, 5.74) is 1.28. The van der Waals surface area contributed by atoms with Crippen LogP contribution in [0.1, 0.15) is 48.0 Å². The van der Waals surface area contributed by atoms with E-state index in [1.165, 1.54) is 28.7 Å². The summed E-state index contributed by atoms with van der Waals surface area (Å²) in [5, 5.41) is 3.05.